The highest BCUT2D eigenvalue weighted by Gasteiger charge is 2.16. The maximum absolute atomic E-state index is 5.37. The van der Waals surface area contributed by atoms with Crippen LogP contribution in [0.3, 0.4) is 0 Å². The van der Waals surface area contributed by atoms with Crippen LogP contribution in [0.2, 0.25) is 0 Å². The van der Waals surface area contributed by atoms with Crippen LogP contribution in [0, 0.1) is 0 Å². The molecule has 2 fully saturated rings. The topological polar surface area (TPSA) is 28.2 Å². The molecule has 0 amide bonds. The monoisotopic (exact) mass is 271 g/mol. The predicted molar refractivity (Wildman–Crippen MR) is 76.6 cm³/mol. The zero-order valence-electron chi connectivity index (χ0n) is 12.4. The molecule has 19 heavy (non-hydrogen) atoms. The Bertz CT molecular complexity index is 227. The van der Waals surface area contributed by atoms with E-state index in [-0.39, 0.29) is 0 Å². The maximum Gasteiger partial charge on any atom is 0.0594 e. The molecule has 2 aliphatic heterocycles. The molecule has 2 heterocycles. The molecule has 0 spiro atoms. The van der Waals surface area contributed by atoms with Crippen LogP contribution >= 0.6 is 0 Å². The van der Waals surface area contributed by atoms with Crippen molar-refractivity contribution >= 4 is 0 Å². The molecule has 0 aromatic rings. The lowest BCUT2D eigenvalue weighted by atomic mass is 10.2. The third kappa shape index (κ3) is 5.75. The van der Waals surface area contributed by atoms with Gasteiger partial charge >= 0.3 is 0 Å². The molecule has 112 valence electrons. The standard InChI is InChI=1S/C14H29N3O2/c1-18-12-9-17-7-5-15(6-8-17)3-2-4-16-10-13-19-14-11-16/h2-14H2,1H3. The minimum absolute atomic E-state index is 0.858. The summed E-state index contributed by atoms with van der Waals surface area (Å²) in [6.07, 6.45) is 1.29. The summed E-state index contributed by atoms with van der Waals surface area (Å²) < 4.78 is 10.5. The summed E-state index contributed by atoms with van der Waals surface area (Å²) in [7, 11) is 1.78. The van der Waals surface area contributed by atoms with Gasteiger partial charge < -0.3 is 14.4 Å². The van der Waals surface area contributed by atoms with Gasteiger partial charge in [-0.1, -0.05) is 0 Å². The van der Waals surface area contributed by atoms with Crippen molar-refractivity contribution in [2.24, 2.45) is 0 Å². The van der Waals surface area contributed by atoms with Gasteiger partial charge in [-0.2, -0.15) is 0 Å². The first kappa shape index (κ1) is 15.2. The molecular weight excluding hydrogens is 242 g/mol. The van der Waals surface area contributed by atoms with Crippen LogP contribution in [0.5, 0.6) is 0 Å². The summed E-state index contributed by atoms with van der Waals surface area (Å²) in [4.78, 5) is 7.63. The number of morpholine rings is 1. The van der Waals surface area contributed by atoms with Crippen molar-refractivity contribution in [2.45, 2.75) is 6.42 Å². The SMILES string of the molecule is COCCN1CCN(CCCN2CCOCC2)CC1. The molecule has 0 saturated carbocycles. The summed E-state index contributed by atoms with van der Waals surface area (Å²) in [6, 6.07) is 0. The fourth-order valence-corrected chi connectivity index (χ4v) is 2.80. The second kappa shape index (κ2) is 8.87. The Hall–Kier alpha value is -0.200. The molecule has 0 aliphatic carbocycles. The van der Waals surface area contributed by atoms with E-state index >= 15 is 0 Å². The number of ether oxygens (including phenoxy) is 2. The van der Waals surface area contributed by atoms with Crippen LogP contribution in [0.25, 0.3) is 0 Å². The fourth-order valence-electron chi connectivity index (χ4n) is 2.80. The van der Waals surface area contributed by atoms with E-state index in [0.717, 1.165) is 39.5 Å². The highest BCUT2D eigenvalue weighted by Crippen LogP contribution is 2.04. The zero-order valence-corrected chi connectivity index (χ0v) is 12.4. The summed E-state index contributed by atoms with van der Waals surface area (Å²) in [5.74, 6) is 0. The van der Waals surface area contributed by atoms with E-state index in [2.05, 4.69) is 14.7 Å². The third-order valence-corrected chi connectivity index (χ3v) is 4.13. The summed E-state index contributed by atoms with van der Waals surface area (Å²) in [6.45, 7) is 13.3. The van der Waals surface area contributed by atoms with Gasteiger partial charge in [-0.15, -0.1) is 0 Å². The first-order valence-electron chi connectivity index (χ1n) is 7.62. The number of hydrogen-bond acceptors (Lipinski definition) is 5. The van der Waals surface area contributed by atoms with E-state index in [0.29, 0.717) is 0 Å². The number of nitrogens with zero attached hydrogens (tertiary/aromatic N) is 3. The van der Waals surface area contributed by atoms with Crippen molar-refractivity contribution in [2.75, 3.05) is 85.8 Å². The molecule has 5 heteroatoms. The molecule has 0 aromatic carbocycles. The summed E-state index contributed by atoms with van der Waals surface area (Å²) in [5.41, 5.74) is 0. The summed E-state index contributed by atoms with van der Waals surface area (Å²) >= 11 is 0. The molecule has 0 N–H and O–H groups in total. The van der Waals surface area contributed by atoms with Gasteiger partial charge in [0, 0.05) is 52.9 Å². The normalized spacial score (nSPS) is 23.8. The average molecular weight is 271 g/mol. The number of methoxy groups -OCH3 is 1. The highest BCUT2D eigenvalue weighted by atomic mass is 16.5. The van der Waals surface area contributed by atoms with Gasteiger partial charge in [0.2, 0.25) is 0 Å². The van der Waals surface area contributed by atoms with Gasteiger partial charge in [0.15, 0.2) is 0 Å². The Morgan fingerprint density at radius 1 is 0.789 bits per heavy atom. The van der Waals surface area contributed by atoms with Crippen molar-refractivity contribution in [1.82, 2.24) is 14.7 Å². The molecule has 2 rings (SSSR count). The van der Waals surface area contributed by atoms with Crippen molar-refractivity contribution in [1.29, 1.82) is 0 Å². The Labute approximate surface area is 117 Å². The molecule has 0 atom stereocenters. The molecular formula is C14H29N3O2. The van der Waals surface area contributed by atoms with Gasteiger partial charge in [-0.25, -0.2) is 0 Å². The smallest absolute Gasteiger partial charge is 0.0594 e. The van der Waals surface area contributed by atoms with Gasteiger partial charge in [0.25, 0.3) is 0 Å². The molecule has 2 saturated heterocycles. The molecule has 0 aromatic heterocycles. The van der Waals surface area contributed by atoms with E-state index in [1.807, 2.05) is 0 Å². The van der Waals surface area contributed by atoms with Crippen molar-refractivity contribution in [3.8, 4) is 0 Å². The van der Waals surface area contributed by atoms with Crippen molar-refractivity contribution in [3.63, 3.8) is 0 Å². The van der Waals surface area contributed by atoms with Gasteiger partial charge in [-0.3, -0.25) is 9.80 Å². The van der Waals surface area contributed by atoms with Gasteiger partial charge in [0.05, 0.1) is 19.8 Å². The van der Waals surface area contributed by atoms with Crippen LogP contribution in [-0.2, 0) is 9.47 Å². The minimum Gasteiger partial charge on any atom is -0.383 e. The van der Waals surface area contributed by atoms with Crippen LogP contribution in [0.1, 0.15) is 6.42 Å². The fraction of sp³-hybridized carbons (Fsp3) is 1.00. The number of rotatable bonds is 7. The summed E-state index contributed by atoms with van der Waals surface area (Å²) in [5, 5.41) is 0. The maximum atomic E-state index is 5.37. The van der Waals surface area contributed by atoms with E-state index < -0.39 is 0 Å². The van der Waals surface area contributed by atoms with Crippen LogP contribution in [-0.4, -0.2) is 101 Å². The van der Waals surface area contributed by atoms with Crippen LogP contribution in [0.4, 0.5) is 0 Å². The van der Waals surface area contributed by atoms with Crippen LogP contribution in [0.15, 0.2) is 0 Å². The Kier molecular flexibility index (Phi) is 7.09. The molecule has 0 radical (unpaired) electrons. The van der Waals surface area contributed by atoms with Crippen molar-refractivity contribution in [3.05, 3.63) is 0 Å². The Morgan fingerprint density at radius 2 is 1.32 bits per heavy atom. The molecule has 0 unspecified atom stereocenters. The third-order valence-electron chi connectivity index (χ3n) is 4.13. The lowest BCUT2D eigenvalue weighted by molar-refractivity contribution is 0.0347. The van der Waals surface area contributed by atoms with E-state index in [1.54, 1.807) is 7.11 Å². The predicted octanol–water partition coefficient (Wildman–Crippen LogP) is -0.0273. The number of hydrogen-bond donors (Lipinski definition) is 0. The van der Waals surface area contributed by atoms with Crippen LogP contribution < -0.4 is 0 Å². The van der Waals surface area contributed by atoms with Gasteiger partial charge in [-0.05, 0) is 19.5 Å². The average Bonchev–Trinajstić information content (AvgIpc) is 2.47. The molecule has 2 aliphatic rings. The van der Waals surface area contributed by atoms with Crippen molar-refractivity contribution < 1.29 is 9.47 Å². The lowest BCUT2D eigenvalue weighted by Crippen LogP contribution is -2.48. The first-order valence-corrected chi connectivity index (χ1v) is 7.62. The minimum atomic E-state index is 0.858. The largest absolute Gasteiger partial charge is 0.383 e. The quantitative estimate of drug-likeness (QED) is 0.648. The van der Waals surface area contributed by atoms with E-state index in [9.17, 15) is 0 Å². The van der Waals surface area contributed by atoms with E-state index in [4.69, 9.17) is 9.47 Å². The Morgan fingerprint density at radius 3 is 1.89 bits per heavy atom. The Balaban J connectivity index is 1.50. The number of piperazine rings is 1. The van der Waals surface area contributed by atoms with Gasteiger partial charge in [0.1, 0.15) is 0 Å². The lowest BCUT2D eigenvalue weighted by Gasteiger charge is -2.35. The zero-order chi connectivity index (χ0) is 13.3. The second-order valence-corrected chi connectivity index (χ2v) is 5.48. The highest BCUT2D eigenvalue weighted by molar-refractivity contribution is 4.72. The second-order valence-electron chi connectivity index (χ2n) is 5.48. The first-order chi connectivity index (χ1) is 9.38. The molecule has 5 nitrogen and oxygen atoms in total. The molecule has 0 bridgehead atoms. The van der Waals surface area contributed by atoms with E-state index in [1.165, 1.54) is 45.7 Å².